The Kier molecular flexibility index (Phi) is 8.09. The summed E-state index contributed by atoms with van der Waals surface area (Å²) in [7, 11) is 0. The predicted molar refractivity (Wildman–Crippen MR) is 132 cm³/mol. The van der Waals surface area contributed by atoms with Crippen LogP contribution in [0.1, 0.15) is 27.8 Å². The zero-order valence-electron chi connectivity index (χ0n) is 20.1. The third-order valence-electron chi connectivity index (χ3n) is 6.27. The maximum atomic E-state index is 15.1. The number of halogens is 7. The van der Waals surface area contributed by atoms with Crippen LogP contribution in [0.3, 0.4) is 0 Å². The molecule has 0 bridgehead atoms. The molecule has 0 aliphatic heterocycles. The van der Waals surface area contributed by atoms with Crippen molar-refractivity contribution in [1.29, 1.82) is 0 Å². The summed E-state index contributed by atoms with van der Waals surface area (Å²) in [6.45, 7) is 3.61. The van der Waals surface area contributed by atoms with Gasteiger partial charge in [-0.25, -0.2) is 17.6 Å². The van der Waals surface area contributed by atoms with Gasteiger partial charge in [-0.1, -0.05) is 49.1 Å². The molecule has 4 rings (SSSR count). The molecule has 4 aromatic carbocycles. The van der Waals surface area contributed by atoms with E-state index < -0.39 is 35.0 Å². The number of fused-ring (bicyclic) bond motifs is 1. The second-order valence-corrected chi connectivity index (χ2v) is 8.87. The van der Waals surface area contributed by atoms with Crippen molar-refractivity contribution >= 4 is 10.8 Å². The van der Waals surface area contributed by atoms with E-state index in [-0.39, 0.29) is 37.2 Å². The van der Waals surface area contributed by atoms with Gasteiger partial charge in [0.05, 0.1) is 5.56 Å². The number of hydrogen-bond acceptors (Lipinski definition) is 1. The van der Waals surface area contributed by atoms with E-state index in [0.717, 1.165) is 23.8 Å². The number of rotatable bonds is 9. The second kappa shape index (κ2) is 11.3. The average Bonchev–Trinajstić information content (AvgIpc) is 2.86. The summed E-state index contributed by atoms with van der Waals surface area (Å²) in [4.78, 5) is 0. The fourth-order valence-corrected chi connectivity index (χ4v) is 4.28. The van der Waals surface area contributed by atoms with Gasteiger partial charge >= 0.3 is 6.18 Å². The lowest BCUT2D eigenvalue weighted by Gasteiger charge is -2.11. The molecule has 0 saturated carbocycles. The molecule has 0 aliphatic carbocycles. The molecule has 198 valence electrons. The quantitative estimate of drug-likeness (QED) is 0.155. The van der Waals surface area contributed by atoms with Gasteiger partial charge in [0.15, 0.2) is 0 Å². The van der Waals surface area contributed by atoms with Crippen LogP contribution in [-0.4, -0.2) is 6.61 Å². The lowest BCUT2D eigenvalue weighted by Crippen LogP contribution is -2.08. The molecule has 0 aliphatic rings. The number of benzene rings is 4. The van der Waals surface area contributed by atoms with Crippen LogP contribution in [0.25, 0.3) is 10.8 Å². The van der Waals surface area contributed by atoms with E-state index >= 15 is 4.39 Å². The molecule has 1 nitrogen and oxygen atoms in total. The van der Waals surface area contributed by atoms with Crippen LogP contribution in [0, 0.1) is 23.3 Å². The summed E-state index contributed by atoms with van der Waals surface area (Å²) in [5.41, 5.74) is 0.0143. The first-order valence-electron chi connectivity index (χ1n) is 11.8. The summed E-state index contributed by atoms with van der Waals surface area (Å²) >= 11 is 0. The van der Waals surface area contributed by atoms with E-state index in [2.05, 4.69) is 6.58 Å². The predicted octanol–water partition coefficient (Wildman–Crippen LogP) is 8.55. The molecule has 0 N–H and O–H groups in total. The van der Waals surface area contributed by atoms with Gasteiger partial charge in [0.1, 0.15) is 35.6 Å². The van der Waals surface area contributed by atoms with Crippen LogP contribution in [0.2, 0.25) is 0 Å². The summed E-state index contributed by atoms with van der Waals surface area (Å²) in [6, 6.07) is 13.2. The maximum absolute atomic E-state index is 15.1. The van der Waals surface area contributed by atoms with Crippen molar-refractivity contribution in [2.75, 3.05) is 6.61 Å². The van der Waals surface area contributed by atoms with Crippen LogP contribution in [0.5, 0.6) is 5.75 Å². The Balaban J connectivity index is 1.45. The van der Waals surface area contributed by atoms with Crippen molar-refractivity contribution in [3.05, 3.63) is 124 Å². The average molecular weight is 532 g/mol. The fraction of sp³-hybridized carbons (Fsp3) is 0.200. The lowest BCUT2D eigenvalue weighted by molar-refractivity contribution is -0.140. The normalized spacial score (nSPS) is 11.7. The Morgan fingerprint density at radius 1 is 0.711 bits per heavy atom. The molecule has 0 heterocycles. The largest absolute Gasteiger partial charge is 0.489 e. The smallest absolute Gasteiger partial charge is 0.419 e. The highest BCUT2D eigenvalue weighted by Crippen LogP contribution is 2.32. The zero-order valence-corrected chi connectivity index (χ0v) is 20.1. The standard InChI is InChI=1S/C30H23F7O/c1-2-13-38-22-16-26(31)24(27(32)17-22)11-5-18-4-10-23-21(14-18)9-8-20(29(23)34)7-3-19-6-12-25(28(33)15-19)30(35,36)37/h2,4,6,8-10,12,14-17H,1,3,5,7,11,13H2. The second-order valence-electron chi connectivity index (χ2n) is 8.87. The number of ether oxygens (including phenoxy) is 1. The van der Waals surface area contributed by atoms with Gasteiger partial charge < -0.3 is 4.74 Å². The SMILES string of the molecule is C=CCOc1cc(F)c(CCc2ccc3c(F)c(CCc4ccc(C(F)(F)F)c(F)c4)ccc3c2)c(F)c1. The summed E-state index contributed by atoms with van der Waals surface area (Å²) in [5, 5.41) is 0.935. The van der Waals surface area contributed by atoms with Crippen LogP contribution < -0.4 is 4.74 Å². The molecule has 0 atom stereocenters. The molecule has 0 unspecified atom stereocenters. The first kappa shape index (κ1) is 27.2. The van der Waals surface area contributed by atoms with E-state index in [4.69, 9.17) is 4.74 Å². The van der Waals surface area contributed by atoms with E-state index in [1.165, 1.54) is 12.1 Å². The molecular formula is C30H23F7O. The van der Waals surface area contributed by atoms with Crippen molar-refractivity contribution in [3.8, 4) is 5.75 Å². The molecule has 0 fully saturated rings. The van der Waals surface area contributed by atoms with Crippen molar-refractivity contribution in [2.24, 2.45) is 0 Å². The molecular weight excluding hydrogens is 509 g/mol. The number of aryl methyl sites for hydroxylation is 3. The highest BCUT2D eigenvalue weighted by molar-refractivity contribution is 5.84. The van der Waals surface area contributed by atoms with E-state index in [9.17, 15) is 26.3 Å². The van der Waals surface area contributed by atoms with Crippen LogP contribution in [-0.2, 0) is 31.9 Å². The summed E-state index contributed by atoms with van der Waals surface area (Å²) in [5.74, 6) is -3.20. The third kappa shape index (κ3) is 6.18. The Morgan fingerprint density at radius 2 is 1.37 bits per heavy atom. The van der Waals surface area contributed by atoms with Crippen LogP contribution in [0.15, 0.2) is 73.3 Å². The first-order chi connectivity index (χ1) is 18.1. The van der Waals surface area contributed by atoms with Gasteiger partial charge in [-0.15, -0.1) is 0 Å². The van der Waals surface area contributed by atoms with Crippen molar-refractivity contribution in [1.82, 2.24) is 0 Å². The van der Waals surface area contributed by atoms with Crippen LogP contribution in [0.4, 0.5) is 30.7 Å². The minimum Gasteiger partial charge on any atom is -0.489 e. The third-order valence-corrected chi connectivity index (χ3v) is 6.27. The van der Waals surface area contributed by atoms with Gasteiger partial charge in [0.25, 0.3) is 0 Å². The van der Waals surface area contributed by atoms with E-state index in [1.807, 2.05) is 0 Å². The Morgan fingerprint density at radius 3 is 2.03 bits per heavy atom. The maximum Gasteiger partial charge on any atom is 0.419 e. The molecule has 38 heavy (non-hydrogen) atoms. The first-order valence-corrected chi connectivity index (χ1v) is 11.8. The van der Waals surface area contributed by atoms with Gasteiger partial charge in [0, 0.05) is 23.1 Å². The van der Waals surface area contributed by atoms with Crippen molar-refractivity contribution in [2.45, 2.75) is 31.9 Å². The van der Waals surface area contributed by atoms with Crippen molar-refractivity contribution < 1.29 is 35.5 Å². The Bertz CT molecular complexity index is 1450. The fourth-order valence-electron chi connectivity index (χ4n) is 4.28. The molecule has 0 saturated heterocycles. The zero-order chi connectivity index (χ0) is 27.4. The van der Waals surface area contributed by atoms with E-state index in [1.54, 1.807) is 30.3 Å². The monoisotopic (exact) mass is 532 g/mol. The van der Waals surface area contributed by atoms with Gasteiger partial charge in [-0.2, -0.15) is 13.2 Å². The van der Waals surface area contributed by atoms with Crippen LogP contribution >= 0.6 is 0 Å². The number of hydrogen-bond donors (Lipinski definition) is 0. The van der Waals surface area contributed by atoms with Gasteiger partial charge in [0.2, 0.25) is 0 Å². The minimum atomic E-state index is -4.78. The van der Waals surface area contributed by atoms with Gasteiger partial charge in [-0.05, 0) is 59.9 Å². The van der Waals surface area contributed by atoms with E-state index in [0.29, 0.717) is 34.4 Å². The van der Waals surface area contributed by atoms with Crippen molar-refractivity contribution in [3.63, 3.8) is 0 Å². The molecule has 0 spiro atoms. The summed E-state index contributed by atoms with van der Waals surface area (Å²) < 4.78 is 101. The minimum absolute atomic E-state index is 0.0720. The molecule has 0 radical (unpaired) electrons. The highest BCUT2D eigenvalue weighted by atomic mass is 19.4. The topological polar surface area (TPSA) is 9.23 Å². The lowest BCUT2D eigenvalue weighted by atomic mass is 9.97. The summed E-state index contributed by atoms with van der Waals surface area (Å²) in [6.07, 6.45) is -2.58. The number of alkyl halides is 3. The molecule has 8 heteroatoms. The molecule has 0 amide bonds. The van der Waals surface area contributed by atoms with Gasteiger partial charge in [-0.3, -0.25) is 0 Å². The highest BCUT2D eigenvalue weighted by Gasteiger charge is 2.33. The Labute approximate surface area is 215 Å². The Hall–Kier alpha value is -3.81. The molecule has 0 aromatic heterocycles. The molecule has 4 aromatic rings.